The normalized spacial score (nSPS) is 19.3. The average Bonchev–Trinajstić information content (AvgIpc) is 2.50. The van der Waals surface area contributed by atoms with Gasteiger partial charge in [0.1, 0.15) is 5.82 Å². The first-order valence-corrected chi connectivity index (χ1v) is 5.27. The second-order valence-electron chi connectivity index (χ2n) is 4.52. The molecule has 1 aliphatic rings. The number of benzene rings is 1. The van der Waals surface area contributed by atoms with Crippen molar-refractivity contribution in [2.45, 2.75) is 26.7 Å². The SMILES string of the molecule is C=C1Nc2c(F)ccc(C)c2C1C(C)C. The van der Waals surface area contributed by atoms with Crippen molar-refractivity contribution in [1.29, 1.82) is 0 Å². The van der Waals surface area contributed by atoms with Crippen LogP contribution in [0.5, 0.6) is 0 Å². The van der Waals surface area contributed by atoms with Gasteiger partial charge in [0.2, 0.25) is 0 Å². The Labute approximate surface area is 90.0 Å². The summed E-state index contributed by atoms with van der Waals surface area (Å²) in [6.45, 7) is 10.3. The lowest BCUT2D eigenvalue weighted by Crippen LogP contribution is -2.06. The van der Waals surface area contributed by atoms with Crippen molar-refractivity contribution < 1.29 is 4.39 Å². The molecule has 1 nitrogen and oxygen atoms in total. The Bertz CT molecular complexity index is 421. The van der Waals surface area contributed by atoms with Gasteiger partial charge in [-0.05, 0) is 30.0 Å². The summed E-state index contributed by atoms with van der Waals surface area (Å²) in [5.74, 6) is 0.488. The lowest BCUT2D eigenvalue weighted by Gasteiger charge is -2.17. The van der Waals surface area contributed by atoms with E-state index in [0.29, 0.717) is 11.6 Å². The van der Waals surface area contributed by atoms with E-state index < -0.39 is 0 Å². The van der Waals surface area contributed by atoms with Crippen LogP contribution in [-0.2, 0) is 0 Å². The van der Waals surface area contributed by atoms with E-state index in [1.165, 1.54) is 6.07 Å². The monoisotopic (exact) mass is 205 g/mol. The van der Waals surface area contributed by atoms with Gasteiger partial charge in [0.15, 0.2) is 0 Å². The van der Waals surface area contributed by atoms with Crippen molar-refractivity contribution in [3.8, 4) is 0 Å². The summed E-state index contributed by atoms with van der Waals surface area (Å²) in [5.41, 5.74) is 3.75. The highest BCUT2D eigenvalue weighted by Gasteiger charge is 2.31. The number of nitrogens with one attached hydrogen (secondary N) is 1. The Kier molecular flexibility index (Phi) is 2.29. The molecule has 0 saturated heterocycles. The maximum Gasteiger partial charge on any atom is 0.146 e. The third-order valence-corrected chi connectivity index (χ3v) is 3.05. The molecule has 2 heteroatoms. The summed E-state index contributed by atoms with van der Waals surface area (Å²) < 4.78 is 13.6. The smallest absolute Gasteiger partial charge is 0.146 e. The lowest BCUT2D eigenvalue weighted by atomic mass is 9.86. The molecular formula is C13H16FN. The van der Waals surface area contributed by atoms with Gasteiger partial charge in [-0.1, -0.05) is 26.5 Å². The first kappa shape index (κ1) is 10.2. The van der Waals surface area contributed by atoms with Crippen LogP contribution in [0.1, 0.15) is 30.9 Å². The van der Waals surface area contributed by atoms with E-state index in [4.69, 9.17) is 0 Å². The minimum atomic E-state index is -0.181. The molecule has 0 amide bonds. The molecule has 0 fully saturated rings. The van der Waals surface area contributed by atoms with Crippen LogP contribution in [-0.4, -0.2) is 0 Å². The highest BCUT2D eigenvalue weighted by Crippen LogP contribution is 2.44. The van der Waals surface area contributed by atoms with Crippen molar-refractivity contribution in [1.82, 2.24) is 0 Å². The zero-order valence-electron chi connectivity index (χ0n) is 9.39. The highest BCUT2D eigenvalue weighted by atomic mass is 19.1. The molecule has 2 rings (SSSR count). The summed E-state index contributed by atoms with van der Waals surface area (Å²) in [7, 11) is 0. The van der Waals surface area contributed by atoms with Crippen molar-refractivity contribution in [2.75, 3.05) is 5.32 Å². The number of allylic oxidation sites excluding steroid dienone is 1. The van der Waals surface area contributed by atoms with Crippen LogP contribution in [0.2, 0.25) is 0 Å². The van der Waals surface area contributed by atoms with Gasteiger partial charge in [-0.2, -0.15) is 0 Å². The minimum Gasteiger partial charge on any atom is -0.356 e. The van der Waals surface area contributed by atoms with Gasteiger partial charge < -0.3 is 5.32 Å². The first-order chi connectivity index (χ1) is 7.02. The van der Waals surface area contributed by atoms with E-state index in [2.05, 4.69) is 25.7 Å². The Morgan fingerprint density at radius 3 is 2.67 bits per heavy atom. The van der Waals surface area contributed by atoms with Gasteiger partial charge in [-0.3, -0.25) is 0 Å². The molecule has 0 radical (unpaired) electrons. The zero-order chi connectivity index (χ0) is 11.2. The van der Waals surface area contributed by atoms with Gasteiger partial charge in [0, 0.05) is 11.6 Å². The predicted molar refractivity (Wildman–Crippen MR) is 61.5 cm³/mol. The maximum absolute atomic E-state index is 13.6. The Morgan fingerprint density at radius 1 is 1.40 bits per heavy atom. The van der Waals surface area contributed by atoms with E-state index in [9.17, 15) is 4.39 Å². The number of rotatable bonds is 1. The van der Waals surface area contributed by atoms with E-state index in [1.807, 2.05) is 13.0 Å². The Balaban J connectivity index is 2.62. The second kappa shape index (κ2) is 3.37. The second-order valence-corrected chi connectivity index (χ2v) is 4.52. The summed E-state index contributed by atoms with van der Waals surface area (Å²) in [6.07, 6.45) is 0. The van der Waals surface area contributed by atoms with Gasteiger partial charge in [0.05, 0.1) is 5.69 Å². The molecule has 80 valence electrons. The molecule has 0 saturated carbocycles. The number of fused-ring (bicyclic) bond motifs is 1. The number of anilines is 1. The molecule has 0 spiro atoms. The van der Waals surface area contributed by atoms with Gasteiger partial charge >= 0.3 is 0 Å². The molecule has 0 aromatic heterocycles. The van der Waals surface area contributed by atoms with Crippen molar-refractivity contribution in [3.63, 3.8) is 0 Å². The fraction of sp³-hybridized carbons (Fsp3) is 0.385. The van der Waals surface area contributed by atoms with Crippen LogP contribution in [0.15, 0.2) is 24.4 Å². The average molecular weight is 205 g/mol. The Morgan fingerprint density at radius 2 is 2.07 bits per heavy atom. The largest absolute Gasteiger partial charge is 0.356 e. The van der Waals surface area contributed by atoms with Crippen LogP contribution < -0.4 is 5.32 Å². The number of hydrogen-bond acceptors (Lipinski definition) is 1. The fourth-order valence-corrected chi connectivity index (χ4v) is 2.37. The zero-order valence-corrected chi connectivity index (χ0v) is 9.39. The van der Waals surface area contributed by atoms with E-state index >= 15 is 0 Å². The molecule has 1 N–H and O–H groups in total. The lowest BCUT2D eigenvalue weighted by molar-refractivity contribution is 0.567. The Hall–Kier alpha value is -1.31. The van der Waals surface area contributed by atoms with Crippen molar-refractivity contribution in [3.05, 3.63) is 41.4 Å². The summed E-state index contributed by atoms with van der Waals surface area (Å²) in [6, 6.07) is 3.35. The van der Waals surface area contributed by atoms with Crippen molar-refractivity contribution >= 4 is 5.69 Å². The van der Waals surface area contributed by atoms with Crippen LogP contribution in [0.4, 0.5) is 10.1 Å². The number of aryl methyl sites for hydroxylation is 1. The fourth-order valence-electron chi connectivity index (χ4n) is 2.37. The quantitative estimate of drug-likeness (QED) is 0.735. The van der Waals surface area contributed by atoms with Gasteiger partial charge in [-0.15, -0.1) is 0 Å². The highest BCUT2D eigenvalue weighted by molar-refractivity contribution is 5.68. The first-order valence-electron chi connectivity index (χ1n) is 5.27. The molecule has 1 heterocycles. The summed E-state index contributed by atoms with van der Waals surface area (Å²) in [4.78, 5) is 0. The van der Waals surface area contributed by atoms with Crippen LogP contribution >= 0.6 is 0 Å². The topological polar surface area (TPSA) is 12.0 Å². The summed E-state index contributed by atoms with van der Waals surface area (Å²) >= 11 is 0. The molecule has 1 unspecified atom stereocenters. The third kappa shape index (κ3) is 1.44. The van der Waals surface area contributed by atoms with Crippen LogP contribution in [0.25, 0.3) is 0 Å². The third-order valence-electron chi connectivity index (χ3n) is 3.05. The molecule has 1 aromatic carbocycles. The molecule has 15 heavy (non-hydrogen) atoms. The molecule has 0 bridgehead atoms. The molecule has 1 aromatic rings. The van der Waals surface area contributed by atoms with Crippen LogP contribution in [0.3, 0.4) is 0 Å². The van der Waals surface area contributed by atoms with Crippen molar-refractivity contribution in [2.24, 2.45) is 5.92 Å². The van der Waals surface area contributed by atoms with E-state index in [0.717, 1.165) is 16.8 Å². The number of hydrogen-bond donors (Lipinski definition) is 1. The molecule has 1 aliphatic heterocycles. The minimum absolute atomic E-state index is 0.181. The standard InChI is InChI=1S/C13H16FN/c1-7(2)11-9(4)15-13-10(14)6-5-8(3)12(11)13/h5-7,11,15H,4H2,1-3H3. The summed E-state index contributed by atoms with van der Waals surface area (Å²) in [5, 5.41) is 3.07. The molecule has 1 atom stereocenters. The predicted octanol–water partition coefficient (Wildman–Crippen LogP) is 3.81. The van der Waals surface area contributed by atoms with Gasteiger partial charge in [0.25, 0.3) is 0 Å². The molecular weight excluding hydrogens is 189 g/mol. The van der Waals surface area contributed by atoms with E-state index in [-0.39, 0.29) is 11.7 Å². The van der Waals surface area contributed by atoms with Gasteiger partial charge in [-0.25, -0.2) is 4.39 Å². The van der Waals surface area contributed by atoms with E-state index in [1.54, 1.807) is 0 Å². The van der Waals surface area contributed by atoms with Crippen LogP contribution in [0, 0.1) is 18.7 Å². The maximum atomic E-state index is 13.6. The number of halogens is 1. The molecule has 0 aliphatic carbocycles.